The van der Waals surface area contributed by atoms with Gasteiger partial charge < -0.3 is 9.64 Å². The van der Waals surface area contributed by atoms with Gasteiger partial charge in [0.15, 0.2) is 0 Å². The van der Waals surface area contributed by atoms with E-state index in [2.05, 4.69) is 10.3 Å². The lowest BCUT2D eigenvalue weighted by atomic mass is 10.0. The zero-order chi connectivity index (χ0) is 18.7. The number of nitrogens with zero attached hydrogens (tertiary/aromatic N) is 2. The number of para-hydroxylation sites is 1. The number of benzene rings is 2. The number of benzodiazepines with no additional fused rings is 1. The van der Waals surface area contributed by atoms with Crippen molar-refractivity contribution in [2.75, 3.05) is 11.9 Å². The maximum atomic E-state index is 12.8. The van der Waals surface area contributed by atoms with Crippen molar-refractivity contribution in [3.8, 4) is 0 Å². The fraction of sp³-hybridized carbons (Fsp3) is 0.250. The van der Waals surface area contributed by atoms with Gasteiger partial charge in [0.2, 0.25) is 6.17 Å². The fourth-order valence-electron chi connectivity index (χ4n) is 2.98. The zero-order valence-electron chi connectivity index (χ0n) is 15.0. The summed E-state index contributed by atoms with van der Waals surface area (Å²) in [5, 5.41) is 2.55. The topological polar surface area (TPSA) is 71.0 Å². The van der Waals surface area contributed by atoms with Crippen LogP contribution in [0.15, 0.2) is 53.5 Å². The van der Waals surface area contributed by atoms with Crippen LogP contribution in [0.4, 0.5) is 10.5 Å². The molecule has 2 amide bonds. The van der Waals surface area contributed by atoms with E-state index in [-0.39, 0.29) is 12.5 Å². The molecular formula is C20H21N3O3. The number of hydrogen-bond donors (Lipinski definition) is 1. The molecule has 0 saturated carbocycles. The Kier molecular flexibility index (Phi) is 5.02. The minimum absolute atomic E-state index is 0.130. The molecule has 1 heterocycles. The van der Waals surface area contributed by atoms with Crippen LogP contribution in [0.3, 0.4) is 0 Å². The average Bonchev–Trinajstić information content (AvgIpc) is 2.73. The minimum atomic E-state index is -1.02. The third-order valence-corrected chi connectivity index (χ3v) is 4.32. The number of fused-ring (bicyclic) bond motifs is 1. The van der Waals surface area contributed by atoms with Crippen LogP contribution in [0.2, 0.25) is 0 Å². The van der Waals surface area contributed by atoms with Gasteiger partial charge in [-0.1, -0.05) is 48.5 Å². The van der Waals surface area contributed by atoms with Gasteiger partial charge in [-0.15, -0.1) is 0 Å². The third-order valence-electron chi connectivity index (χ3n) is 4.32. The second kappa shape index (κ2) is 7.39. The van der Waals surface area contributed by atoms with E-state index in [1.807, 2.05) is 62.4 Å². The Morgan fingerprint density at radius 2 is 1.88 bits per heavy atom. The van der Waals surface area contributed by atoms with Gasteiger partial charge in [-0.2, -0.15) is 0 Å². The first-order valence-electron chi connectivity index (χ1n) is 8.36. The highest BCUT2D eigenvalue weighted by Gasteiger charge is 2.30. The van der Waals surface area contributed by atoms with Gasteiger partial charge in [0.1, 0.15) is 6.61 Å². The molecule has 0 aromatic heterocycles. The molecule has 2 aromatic rings. The number of anilines is 1. The second-order valence-corrected chi connectivity index (χ2v) is 6.19. The van der Waals surface area contributed by atoms with Gasteiger partial charge in [0, 0.05) is 18.3 Å². The quantitative estimate of drug-likeness (QED) is 0.924. The molecule has 0 bridgehead atoms. The first-order chi connectivity index (χ1) is 12.5. The maximum absolute atomic E-state index is 12.8. The summed E-state index contributed by atoms with van der Waals surface area (Å²) < 4.78 is 5.20. The smallest absolute Gasteiger partial charge is 0.409 e. The van der Waals surface area contributed by atoms with E-state index < -0.39 is 12.3 Å². The van der Waals surface area contributed by atoms with Crippen molar-refractivity contribution < 1.29 is 14.3 Å². The average molecular weight is 351 g/mol. The Morgan fingerprint density at radius 3 is 2.62 bits per heavy atom. The van der Waals surface area contributed by atoms with Crippen molar-refractivity contribution in [3.63, 3.8) is 0 Å². The summed E-state index contributed by atoms with van der Waals surface area (Å²) in [5.74, 6) is -0.311. The lowest BCUT2D eigenvalue weighted by Gasteiger charge is -2.22. The molecule has 2 aromatic carbocycles. The number of aryl methyl sites for hydroxylation is 1. The molecule has 0 fully saturated rings. The van der Waals surface area contributed by atoms with E-state index in [0.717, 1.165) is 22.4 Å². The highest BCUT2D eigenvalue weighted by Crippen LogP contribution is 2.28. The maximum Gasteiger partial charge on any atom is 0.409 e. The van der Waals surface area contributed by atoms with Crippen molar-refractivity contribution in [1.82, 2.24) is 5.32 Å². The number of carbonyl (C=O) groups is 2. The number of alkyl carbamates (subject to hydrolysis) is 1. The minimum Gasteiger partial charge on any atom is -0.445 e. The van der Waals surface area contributed by atoms with Crippen LogP contribution in [0, 0.1) is 6.92 Å². The SMILES string of the molecule is CC1=NC(NC(=O)OCc2ccccc2)C(=O)N(C)c2c(C)cccc21. The molecule has 0 spiro atoms. The van der Waals surface area contributed by atoms with E-state index >= 15 is 0 Å². The molecule has 1 atom stereocenters. The van der Waals surface area contributed by atoms with Crippen LogP contribution in [0.1, 0.15) is 23.6 Å². The number of ether oxygens (including phenoxy) is 1. The predicted octanol–water partition coefficient (Wildman–Crippen LogP) is 3.03. The first-order valence-corrected chi connectivity index (χ1v) is 8.36. The molecule has 1 aliphatic heterocycles. The van der Waals surface area contributed by atoms with Crippen LogP contribution in [-0.2, 0) is 16.1 Å². The largest absolute Gasteiger partial charge is 0.445 e. The van der Waals surface area contributed by atoms with Gasteiger partial charge >= 0.3 is 6.09 Å². The van der Waals surface area contributed by atoms with E-state index in [4.69, 9.17) is 4.74 Å². The molecule has 1 unspecified atom stereocenters. The number of rotatable bonds is 3. The summed E-state index contributed by atoms with van der Waals surface area (Å²) in [5.41, 5.74) is 4.22. The molecular weight excluding hydrogens is 330 g/mol. The van der Waals surface area contributed by atoms with Crippen LogP contribution >= 0.6 is 0 Å². The molecule has 0 radical (unpaired) electrons. The van der Waals surface area contributed by atoms with Gasteiger partial charge in [-0.25, -0.2) is 4.79 Å². The van der Waals surface area contributed by atoms with E-state index in [9.17, 15) is 9.59 Å². The van der Waals surface area contributed by atoms with Crippen molar-refractivity contribution in [3.05, 3.63) is 65.2 Å². The summed E-state index contributed by atoms with van der Waals surface area (Å²) in [6.07, 6.45) is -1.70. The van der Waals surface area contributed by atoms with Crippen molar-refractivity contribution >= 4 is 23.4 Å². The Morgan fingerprint density at radius 1 is 1.15 bits per heavy atom. The highest BCUT2D eigenvalue weighted by atomic mass is 16.5. The molecule has 134 valence electrons. The monoisotopic (exact) mass is 351 g/mol. The molecule has 6 heteroatoms. The predicted molar refractivity (Wildman–Crippen MR) is 100 cm³/mol. The number of aliphatic imine (C=N–C) groups is 1. The van der Waals surface area contributed by atoms with Gasteiger partial charge in [-0.05, 0) is 25.0 Å². The molecule has 1 N–H and O–H groups in total. The molecule has 6 nitrogen and oxygen atoms in total. The van der Waals surface area contributed by atoms with E-state index in [1.165, 1.54) is 4.90 Å². The Labute approximate surface area is 152 Å². The normalized spacial score (nSPS) is 16.4. The third kappa shape index (κ3) is 3.59. The number of amides is 2. The summed E-state index contributed by atoms with van der Waals surface area (Å²) >= 11 is 0. The van der Waals surface area contributed by atoms with Gasteiger partial charge in [-0.3, -0.25) is 15.1 Å². The second-order valence-electron chi connectivity index (χ2n) is 6.19. The van der Waals surface area contributed by atoms with E-state index in [1.54, 1.807) is 7.05 Å². The van der Waals surface area contributed by atoms with E-state index in [0.29, 0.717) is 5.71 Å². The Hall–Kier alpha value is -3.15. The molecule has 0 aliphatic carbocycles. The molecule has 3 rings (SSSR count). The number of likely N-dealkylation sites (N-methyl/N-ethyl adjacent to an activating group) is 1. The first kappa shape index (κ1) is 17.7. The lowest BCUT2D eigenvalue weighted by Crippen LogP contribution is -2.46. The van der Waals surface area contributed by atoms with Crippen LogP contribution in [-0.4, -0.2) is 30.9 Å². The Balaban J connectivity index is 1.75. The molecule has 26 heavy (non-hydrogen) atoms. The fourth-order valence-corrected chi connectivity index (χ4v) is 2.98. The zero-order valence-corrected chi connectivity index (χ0v) is 15.0. The number of hydrogen-bond acceptors (Lipinski definition) is 4. The van der Waals surface area contributed by atoms with Gasteiger partial charge in [0.05, 0.1) is 5.69 Å². The van der Waals surface area contributed by atoms with Crippen LogP contribution in [0.5, 0.6) is 0 Å². The summed E-state index contributed by atoms with van der Waals surface area (Å²) in [6.45, 7) is 3.90. The summed E-state index contributed by atoms with van der Waals surface area (Å²) in [4.78, 5) is 30.8. The van der Waals surface area contributed by atoms with Crippen molar-refractivity contribution in [1.29, 1.82) is 0 Å². The standard InChI is InChI=1S/C20H21N3O3/c1-13-8-7-11-16-14(2)21-18(19(24)23(3)17(13)16)22-20(25)26-12-15-9-5-4-6-10-15/h4-11,18H,12H2,1-3H3,(H,22,25). The number of carbonyl (C=O) groups excluding carboxylic acids is 2. The van der Waals surface area contributed by atoms with Crippen LogP contribution in [0.25, 0.3) is 0 Å². The highest BCUT2D eigenvalue weighted by molar-refractivity contribution is 6.12. The van der Waals surface area contributed by atoms with Crippen molar-refractivity contribution in [2.24, 2.45) is 4.99 Å². The van der Waals surface area contributed by atoms with Gasteiger partial charge in [0.25, 0.3) is 5.91 Å². The van der Waals surface area contributed by atoms with Crippen LogP contribution < -0.4 is 10.2 Å². The molecule has 0 saturated heterocycles. The Bertz CT molecular complexity index is 862. The summed E-state index contributed by atoms with van der Waals surface area (Å²) in [7, 11) is 1.69. The molecule has 1 aliphatic rings. The lowest BCUT2D eigenvalue weighted by molar-refractivity contribution is -0.120. The summed E-state index contributed by atoms with van der Waals surface area (Å²) in [6, 6.07) is 15.1. The van der Waals surface area contributed by atoms with Crippen molar-refractivity contribution in [2.45, 2.75) is 26.6 Å². The number of nitrogens with one attached hydrogen (secondary N) is 1.